The monoisotopic (exact) mass is 109 g/mol. The molecular formula is C4H7ClF. The van der Waals surface area contributed by atoms with Gasteiger partial charge in [-0.05, 0) is 6.42 Å². The van der Waals surface area contributed by atoms with Gasteiger partial charge in [0.15, 0.2) is 0 Å². The lowest BCUT2D eigenvalue weighted by Crippen LogP contribution is -1.95. The lowest BCUT2D eigenvalue weighted by Gasteiger charge is -1.92. The number of rotatable bonds is 2. The molecule has 0 fully saturated rings. The van der Waals surface area contributed by atoms with Gasteiger partial charge in [0.1, 0.15) is 6.67 Å². The molecule has 37 valence electrons. The van der Waals surface area contributed by atoms with E-state index in [9.17, 15) is 4.39 Å². The fourth-order valence-electron chi connectivity index (χ4n) is 0.0772. The van der Waals surface area contributed by atoms with E-state index in [1.807, 2.05) is 0 Å². The maximum atomic E-state index is 11.2. The van der Waals surface area contributed by atoms with Gasteiger partial charge in [-0.3, -0.25) is 0 Å². The van der Waals surface area contributed by atoms with Crippen molar-refractivity contribution in [3.8, 4) is 0 Å². The van der Waals surface area contributed by atoms with E-state index in [-0.39, 0.29) is 5.38 Å². The van der Waals surface area contributed by atoms with E-state index in [1.54, 1.807) is 0 Å². The van der Waals surface area contributed by atoms with E-state index in [0.717, 1.165) is 0 Å². The lowest BCUT2D eigenvalue weighted by molar-refractivity contribution is 0.480. The fourth-order valence-corrected chi connectivity index (χ4v) is 0.0772. The van der Waals surface area contributed by atoms with Crippen LogP contribution in [0.1, 0.15) is 6.42 Å². The lowest BCUT2D eigenvalue weighted by atomic mass is 10.4. The molecule has 2 heteroatoms. The van der Waals surface area contributed by atoms with Gasteiger partial charge in [-0.1, -0.05) is 6.92 Å². The molecule has 1 atom stereocenters. The van der Waals surface area contributed by atoms with Gasteiger partial charge in [-0.25, -0.2) is 4.39 Å². The van der Waals surface area contributed by atoms with Crippen molar-refractivity contribution in [2.24, 2.45) is 0 Å². The van der Waals surface area contributed by atoms with E-state index < -0.39 is 6.67 Å². The fraction of sp³-hybridized carbons (Fsp3) is 0.750. The first-order chi connectivity index (χ1) is 2.81. The van der Waals surface area contributed by atoms with Gasteiger partial charge in [-0.2, -0.15) is 0 Å². The second-order valence-corrected chi connectivity index (χ2v) is 1.66. The minimum atomic E-state index is -0.467. The third-order valence-electron chi connectivity index (χ3n) is 0.481. The summed E-state index contributed by atoms with van der Waals surface area (Å²) in [5, 5.41) is -0.370. The molecule has 1 unspecified atom stereocenters. The second-order valence-electron chi connectivity index (χ2n) is 1.04. The molecule has 0 heterocycles. The van der Waals surface area contributed by atoms with Crippen LogP contribution < -0.4 is 0 Å². The van der Waals surface area contributed by atoms with Crippen molar-refractivity contribution in [1.82, 2.24) is 0 Å². The molecule has 0 bridgehead atoms. The Morgan fingerprint density at radius 1 is 1.83 bits per heavy atom. The van der Waals surface area contributed by atoms with Crippen LogP contribution in [0.5, 0.6) is 0 Å². The van der Waals surface area contributed by atoms with E-state index in [0.29, 0.717) is 6.42 Å². The second kappa shape index (κ2) is 3.41. The van der Waals surface area contributed by atoms with Crippen LogP contribution in [0.3, 0.4) is 0 Å². The molecular weight excluding hydrogens is 102 g/mol. The Labute approximate surface area is 42.3 Å². The number of hydrogen-bond acceptors (Lipinski definition) is 0. The minimum absolute atomic E-state index is 0.370. The van der Waals surface area contributed by atoms with Crippen LogP contribution in [-0.4, -0.2) is 12.1 Å². The van der Waals surface area contributed by atoms with Gasteiger partial charge in [0.05, 0.1) is 5.38 Å². The Kier molecular flexibility index (Phi) is 3.54. The molecule has 6 heavy (non-hydrogen) atoms. The van der Waals surface area contributed by atoms with Crippen molar-refractivity contribution < 1.29 is 4.39 Å². The average molecular weight is 110 g/mol. The first kappa shape index (κ1) is 6.22. The summed E-state index contributed by atoms with van der Waals surface area (Å²) in [7, 11) is 0. The van der Waals surface area contributed by atoms with E-state index in [4.69, 9.17) is 11.6 Å². The quantitative estimate of drug-likeness (QED) is 0.475. The van der Waals surface area contributed by atoms with E-state index >= 15 is 0 Å². The summed E-state index contributed by atoms with van der Waals surface area (Å²) < 4.78 is 11.2. The van der Waals surface area contributed by atoms with Crippen LogP contribution in [0.15, 0.2) is 0 Å². The summed E-state index contributed by atoms with van der Waals surface area (Å²) in [5.41, 5.74) is 0. The zero-order valence-electron chi connectivity index (χ0n) is 3.45. The molecule has 0 aliphatic rings. The highest BCUT2D eigenvalue weighted by atomic mass is 35.5. The Morgan fingerprint density at radius 3 is 2.33 bits per heavy atom. The molecule has 0 aromatic carbocycles. The zero-order valence-corrected chi connectivity index (χ0v) is 4.21. The van der Waals surface area contributed by atoms with Gasteiger partial charge in [-0.15, -0.1) is 11.6 Å². The van der Waals surface area contributed by atoms with Gasteiger partial charge in [0, 0.05) is 0 Å². The normalized spacial score (nSPS) is 14.5. The first-order valence-electron chi connectivity index (χ1n) is 1.80. The van der Waals surface area contributed by atoms with Gasteiger partial charge >= 0.3 is 0 Å². The van der Waals surface area contributed by atoms with Gasteiger partial charge < -0.3 is 0 Å². The summed E-state index contributed by atoms with van der Waals surface area (Å²) in [5.74, 6) is 0. The summed E-state index contributed by atoms with van der Waals surface area (Å²) in [6.45, 7) is 2.92. The summed E-state index contributed by atoms with van der Waals surface area (Å²) >= 11 is 5.21. The molecule has 0 rings (SSSR count). The smallest absolute Gasteiger partial charge is 0.106 e. The Morgan fingerprint density at radius 2 is 2.33 bits per heavy atom. The average Bonchev–Trinajstić information content (AvgIpc) is 1.65. The molecule has 0 amide bonds. The molecule has 0 saturated carbocycles. The highest BCUT2D eigenvalue weighted by Gasteiger charge is 1.95. The van der Waals surface area contributed by atoms with E-state index in [2.05, 4.69) is 6.92 Å². The molecule has 0 spiro atoms. The molecule has 0 aromatic rings. The maximum absolute atomic E-state index is 11.2. The number of hydrogen-bond donors (Lipinski definition) is 0. The molecule has 0 saturated heterocycles. The molecule has 0 aliphatic carbocycles. The van der Waals surface area contributed by atoms with Crippen LogP contribution in [-0.2, 0) is 0 Å². The predicted octanol–water partition coefficient (Wildman–Crippen LogP) is 1.79. The molecule has 1 radical (unpaired) electrons. The van der Waals surface area contributed by atoms with Crippen LogP contribution in [0.4, 0.5) is 4.39 Å². The van der Waals surface area contributed by atoms with Crippen molar-refractivity contribution >= 4 is 11.6 Å². The Bertz CT molecular complexity index is 26.7. The topological polar surface area (TPSA) is 0 Å². The van der Waals surface area contributed by atoms with Crippen LogP contribution in [0.2, 0.25) is 0 Å². The first-order valence-corrected chi connectivity index (χ1v) is 2.24. The third-order valence-corrected chi connectivity index (χ3v) is 0.816. The largest absolute Gasteiger partial charge is 0.249 e. The van der Waals surface area contributed by atoms with Crippen molar-refractivity contribution in [1.29, 1.82) is 0 Å². The standard InChI is InChI=1S/C4H7ClF/c1-2-4(5)3-6/h4H,1-3H2. The van der Waals surface area contributed by atoms with Crippen molar-refractivity contribution in [2.45, 2.75) is 11.8 Å². The molecule has 0 N–H and O–H groups in total. The summed E-state index contributed by atoms with van der Waals surface area (Å²) in [6.07, 6.45) is 0.470. The Balaban J connectivity index is 2.75. The van der Waals surface area contributed by atoms with Crippen LogP contribution in [0.25, 0.3) is 0 Å². The number of halogens is 2. The van der Waals surface area contributed by atoms with Gasteiger partial charge in [0.2, 0.25) is 0 Å². The minimum Gasteiger partial charge on any atom is -0.249 e. The summed E-state index contributed by atoms with van der Waals surface area (Å²) in [6, 6.07) is 0. The van der Waals surface area contributed by atoms with Crippen molar-refractivity contribution in [2.75, 3.05) is 6.67 Å². The molecule has 0 aromatic heterocycles. The highest BCUT2D eigenvalue weighted by molar-refractivity contribution is 6.20. The van der Waals surface area contributed by atoms with Crippen molar-refractivity contribution in [3.05, 3.63) is 6.92 Å². The van der Waals surface area contributed by atoms with Crippen LogP contribution >= 0.6 is 11.6 Å². The predicted molar refractivity (Wildman–Crippen MR) is 25.6 cm³/mol. The summed E-state index contributed by atoms with van der Waals surface area (Å²) in [4.78, 5) is 0. The SMILES string of the molecule is [CH2]CC(Cl)CF. The zero-order chi connectivity index (χ0) is 4.99. The third kappa shape index (κ3) is 2.46. The van der Waals surface area contributed by atoms with Gasteiger partial charge in [0.25, 0.3) is 0 Å². The van der Waals surface area contributed by atoms with Crippen molar-refractivity contribution in [3.63, 3.8) is 0 Å². The number of alkyl halides is 2. The molecule has 0 nitrogen and oxygen atoms in total. The highest BCUT2D eigenvalue weighted by Crippen LogP contribution is 1.98. The van der Waals surface area contributed by atoms with Crippen LogP contribution in [0, 0.1) is 6.92 Å². The molecule has 0 aliphatic heterocycles. The maximum Gasteiger partial charge on any atom is 0.106 e. The van der Waals surface area contributed by atoms with E-state index in [1.165, 1.54) is 0 Å². The Hall–Kier alpha value is 0.220.